The van der Waals surface area contributed by atoms with Crippen LogP contribution < -0.4 is 5.32 Å². The van der Waals surface area contributed by atoms with Gasteiger partial charge in [0.25, 0.3) is 0 Å². The normalized spacial score (nSPS) is 20.2. The van der Waals surface area contributed by atoms with Crippen molar-refractivity contribution in [3.8, 4) is 0 Å². The quantitative estimate of drug-likeness (QED) is 0.631. The lowest BCUT2D eigenvalue weighted by molar-refractivity contribution is -0.0986. The van der Waals surface area contributed by atoms with Crippen molar-refractivity contribution in [3.63, 3.8) is 0 Å². The molecular formula is C10H19NO. The summed E-state index contributed by atoms with van der Waals surface area (Å²) in [5.74, 6) is 0. The Morgan fingerprint density at radius 3 is 2.67 bits per heavy atom. The van der Waals surface area contributed by atoms with E-state index in [1.165, 1.54) is 5.57 Å². The van der Waals surface area contributed by atoms with E-state index in [-0.39, 0.29) is 0 Å². The van der Waals surface area contributed by atoms with Crippen LogP contribution in [0.3, 0.4) is 0 Å². The summed E-state index contributed by atoms with van der Waals surface area (Å²) in [4.78, 5) is 0. The van der Waals surface area contributed by atoms with Crippen LogP contribution >= 0.6 is 0 Å². The minimum Gasteiger partial charge on any atom is -0.380 e. The fourth-order valence-electron chi connectivity index (χ4n) is 1.22. The molecule has 0 aromatic heterocycles. The number of ether oxygens (including phenoxy) is 1. The van der Waals surface area contributed by atoms with Gasteiger partial charge in [0.2, 0.25) is 0 Å². The van der Waals surface area contributed by atoms with Crippen molar-refractivity contribution in [2.24, 2.45) is 5.41 Å². The molecule has 2 nitrogen and oxygen atoms in total. The zero-order valence-electron chi connectivity index (χ0n) is 8.15. The highest BCUT2D eigenvalue weighted by Crippen LogP contribution is 2.24. The molecule has 70 valence electrons. The zero-order valence-corrected chi connectivity index (χ0v) is 8.15. The Labute approximate surface area is 75.0 Å². The van der Waals surface area contributed by atoms with Gasteiger partial charge in [-0.2, -0.15) is 0 Å². The van der Waals surface area contributed by atoms with Crippen LogP contribution in [0.1, 0.15) is 20.3 Å². The molecule has 0 unspecified atom stereocenters. The first-order chi connectivity index (χ1) is 5.66. The Hall–Kier alpha value is -0.340. The highest BCUT2D eigenvalue weighted by Gasteiger charge is 2.32. The molecular weight excluding hydrogens is 150 g/mol. The van der Waals surface area contributed by atoms with Gasteiger partial charge in [-0.15, -0.1) is 0 Å². The summed E-state index contributed by atoms with van der Waals surface area (Å²) in [6.45, 7) is 12.1. The lowest BCUT2D eigenvalue weighted by Crippen LogP contribution is -2.47. The van der Waals surface area contributed by atoms with Crippen LogP contribution in [0.4, 0.5) is 0 Å². The molecule has 0 atom stereocenters. The molecule has 0 amide bonds. The molecule has 1 fully saturated rings. The molecule has 0 aromatic carbocycles. The molecule has 1 aliphatic rings. The third kappa shape index (κ3) is 2.61. The van der Waals surface area contributed by atoms with E-state index in [1.807, 2.05) is 0 Å². The number of nitrogens with one attached hydrogen (secondary N) is 1. The highest BCUT2D eigenvalue weighted by molar-refractivity contribution is 4.96. The minimum atomic E-state index is 0.383. The summed E-state index contributed by atoms with van der Waals surface area (Å²) < 4.78 is 5.16. The molecule has 0 bridgehead atoms. The van der Waals surface area contributed by atoms with Crippen molar-refractivity contribution in [2.75, 3.05) is 26.3 Å². The molecule has 1 rings (SSSR count). The third-order valence-corrected chi connectivity index (χ3v) is 2.33. The predicted molar refractivity (Wildman–Crippen MR) is 51.2 cm³/mol. The topological polar surface area (TPSA) is 21.3 Å². The molecule has 0 radical (unpaired) electrons. The van der Waals surface area contributed by atoms with Crippen LogP contribution in [0.25, 0.3) is 0 Å². The van der Waals surface area contributed by atoms with Crippen molar-refractivity contribution in [2.45, 2.75) is 20.3 Å². The average Bonchev–Trinajstić information content (AvgIpc) is 2.01. The van der Waals surface area contributed by atoms with E-state index in [0.717, 1.165) is 32.7 Å². The summed E-state index contributed by atoms with van der Waals surface area (Å²) in [5, 5.41) is 3.40. The maximum Gasteiger partial charge on any atom is 0.0554 e. The van der Waals surface area contributed by atoms with Gasteiger partial charge >= 0.3 is 0 Å². The molecule has 0 saturated carbocycles. The molecule has 0 aromatic rings. The first-order valence-corrected chi connectivity index (χ1v) is 4.61. The Morgan fingerprint density at radius 1 is 1.58 bits per heavy atom. The molecule has 1 heterocycles. The number of hydrogen-bond acceptors (Lipinski definition) is 2. The van der Waals surface area contributed by atoms with Crippen LogP contribution in [0, 0.1) is 5.41 Å². The summed E-state index contributed by atoms with van der Waals surface area (Å²) in [6, 6.07) is 0. The zero-order chi connectivity index (χ0) is 9.03. The van der Waals surface area contributed by atoms with Crippen LogP contribution in [0.2, 0.25) is 0 Å². The van der Waals surface area contributed by atoms with Gasteiger partial charge in [-0.05, 0) is 6.42 Å². The molecule has 1 saturated heterocycles. The Morgan fingerprint density at radius 2 is 2.25 bits per heavy atom. The van der Waals surface area contributed by atoms with E-state index in [4.69, 9.17) is 4.74 Å². The highest BCUT2D eigenvalue weighted by atomic mass is 16.5. The van der Waals surface area contributed by atoms with E-state index in [1.54, 1.807) is 0 Å². The monoisotopic (exact) mass is 169 g/mol. The van der Waals surface area contributed by atoms with Gasteiger partial charge in [-0.3, -0.25) is 0 Å². The second-order valence-electron chi connectivity index (χ2n) is 4.01. The number of rotatable bonds is 5. The summed E-state index contributed by atoms with van der Waals surface area (Å²) in [7, 11) is 0. The fraction of sp³-hybridized carbons (Fsp3) is 0.800. The van der Waals surface area contributed by atoms with Crippen LogP contribution in [-0.2, 0) is 4.74 Å². The Bertz CT molecular complexity index is 161. The van der Waals surface area contributed by atoms with Crippen LogP contribution in [0.5, 0.6) is 0 Å². The molecule has 0 spiro atoms. The van der Waals surface area contributed by atoms with Crippen molar-refractivity contribution in [1.82, 2.24) is 5.32 Å². The Kier molecular flexibility index (Phi) is 3.29. The standard InChI is InChI=1S/C10H19NO/c1-4-9(2)5-11-6-10(3)7-12-8-10/h11H,2,4-8H2,1,3H3. The van der Waals surface area contributed by atoms with Crippen LogP contribution in [-0.4, -0.2) is 26.3 Å². The van der Waals surface area contributed by atoms with Gasteiger partial charge in [-0.1, -0.05) is 26.0 Å². The van der Waals surface area contributed by atoms with E-state index in [0.29, 0.717) is 5.41 Å². The minimum absolute atomic E-state index is 0.383. The van der Waals surface area contributed by atoms with Crippen LogP contribution in [0.15, 0.2) is 12.2 Å². The summed E-state index contributed by atoms with van der Waals surface area (Å²) >= 11 is 0. The van der Waals surface area contributed by atoms with E-state index >= 15 is 0 Å². The second kappa shape index (κ2) is 4.06. The number of hydrogen-bond donors (Lipinski definition) is 1. The van der Waals surface area contributed by atoms with E-state index < -0.39 is 0 Å². The first kappa shape index (κ1) is 9.75. The fourth-order valence-corrected chi connectivity index (χ4v) is 1.22. The summed E-state index contributed by atoms with van der Waals surface area (Å²) in [5.41, 5.74) is 1.66. The lowest BCUT2D eigenvalue weighted by Gasteiger charge is -2.38. The van der Waals surface area contributed by atoms with Gasteiger partial charge in [0.15, 0.2) is 0 Å². The van der Waals surface area contributed by atoms with Crippen molar-refractivity contribution in [3.05, 3.63) is 12.2 Å². The van der Waals surface area contributed by atoms with Gasteiger partial charge in [0.1, 0.15) is 0 Å². The van der Waals surface area contributed by atoms with Gasteiger partial charge < -0.3 is 10.1 Å². The van der Waals surface area contributed by atoms with Gasteiger partial charge in [0, 0.05) is 18.5 Å². The Balaban J connectivity index is 2.05. The SMILES string of the molecule is C=C(CC)CNCC1(C)COC1. The smallest absolute Gasteiger partial charge is 0.0554 e. The first-order valence-electron chi connectivity index (χ1n) is 4.61. The van der Waals surface area contributed by atoms with Gasteiger partial charge in [-0.25, -0.2) is 0 Å². The molecule has 0 aliphatic carbocycles. The maximum absolute atomic E-state index is 5.16. The van der Waals surface area contributed by atoms with Crippen molar-refractivity contribution < 1.29 is 4.74 Å². The largest absolute Gasteiger partial charge is 0.380 e. The molecule has 2 heteroatoms. The van der Waals surface area contributed by atoms with Crippen molar-refractivity contribution in [1.29, 1.82) is 0 Å². The third-order valence-electron chi connectivity index (χ3n) is 2.33. The van der Waals surface area contributed by atoms with Gasteiger partial charge in [0.05, 0.1) is 13.2 Å². The van der Waals surface area contributed by atoms with Crippen molar-refractivity contribution >= 4 is 0 Å². The summed E-state index contributed by atoms with van der Waals surface area (Å²) in [6.07, 6.45) is 1.07. The molecule has 1 N–H and O–H groups in total. The molecule has 1 aliphatic heterocycles. The van der Waals surface area contributed by atoms with E-state index in [2.05, 4.69) is 25.7 Å². The van der Waals surface area contributed by atoms with E-state index in [9.17, 15) is 0 Å². The second-order valence-corrected chi connectivity index (χ2v) is 4.01. The predicted octanol–water partition coefficient (Wildman–Crippen LogP) is 1.58. The lowest BCUT2D eigenvalue weighted by atomic mass is 9.89. The average molecular weight is 169 g/mol. The maximum atomic E-state index is 5.16. The molecule has 12 heavy (non-hydrogen) atoms.